The molecule has 0 aliphatic rings. The van der Waals surface area contributed by atoms with Gasteiger partial charge in [0.1, 0.15) is 30.0 Å². The van der Waals surface area contributed by atoms with E-state index in [0.717, 1.165) is 16.9 Å². The van der Waals surface area contributed by atoms with Crippen LogP contribution in [0.15, 0.2) is 59.3 Å². The Hall–Kier alpha value is -2.02. The Labute approximate surface area is 136 Å². The molecule has 4 nitrogen and oxygen atoms in total. The summed E-state index contributed by atoms with van der Waals surface area (Å²) < 4.78 is 11.8. The van der Waals surface area contributed by atoms with Gasteiger partial charge in [-0.05, 0) is 64.6 Å². The number of halogens is 1. The second kappa shape index (κ2) is 6.17. The lowest BCUT2D eigenvalue weighted by molar-refractivity contribution is 0.306. The smallest absolute Gasteiger partial charge is 0.147 e. The molecule has 0 amide bonds. The van der Waals surface area contributed by atoms with Crippen LogP contribution < -0.4 is 10.5 Å². The molecule has 106 valence electrons. The summed E-state index contributed by atoms with van der Waals surface area (Å²) >= 11 is 2.28. The fourth-order valence-corrected chi connectivity index (χ4v) is 2.28. The van der Waals surface area contributed by atoms with Crippen molar-refractivity contribution in [2.75, 3.05) is 5.73 Å². The van der Waals surface area contributed by atoms with E-state index in [1.54, 1.807) is 0 Å². The van der Waals surface area contributed by atoms with Crippen molar-refractivity contribution in [3.63, 3.8) is 0 Å². The number of nitrogens with two attached hydrogens (primary N) is 1. The fraction of sp³-hybridized carbons (Fsp3) is 0.0625. The number of anilines is 1. The maximum atomic E-state index is 5.77. The third-order valence-corrected chi connectivity index (χ3v) is 3.76. The summed E-state index contributed by atoms with van der Waals surface area (Å²) in [5, 5.41) is 3.88. The molecule has 0 aliphatic heterocycles. The quantitative estimate of drug-likeness (QED) is 0.679. The maximum Gasteiger partial charge on any atom is 0.147 e. The van der Waals surface area contributed by atoms with Crippen molar-refractivity contribution in [2.24, 2.45) is 0 Å². The van der Waals surface area contributed by atoms with E-state index in [9.17, 15) is 0 Å². The number of hydrogen-bond donors (Lipinski definition) is 1. The summed E-state index contributed by atoms with van der Waals surface area (Å²) in [7, 11) is 0. The highest BCUT2D eigenvalue weighted by Gasteiger charge is 2.07. The molecule has 0 bridgehead atoms. The first-order valence-corrected chi connectivity index (χ1v) is 7.48. The van der Waals surface area contributed by atoms with Crippen molar-refractivity contribution in [3.05, 3.63) is 63.9 Å². The molecular weight excluding hydrogens is 379 g/mol. The second-order valence-electron chi connectivity index (χ2n) is 4.56. The molecular formula is C16H13IN2O2. The van der Waals surface area contributed by atoms with Gasteiger partial charge in [-0.3, -0.25) is 0 Å². The highest BCUT2D eigenvalue weighted by molar-refractivity contribution is 14.1. The van der Waals surface area contributed by atoms with Crippen LogP contribution in [0.4, 0.5) is 5.69 Å². The van der Waals surface area contributed by atoms with Crippen molar-refractivity contribution in [1.82, 2.24) is 5.16 Å². The summed E-state index contributed by atoms with van der Waals surface area (Å²) in [5.41, 5.74) is 9.00. The maximum absolute atomic E-state index is 5.77. The van der Waals surface area contributed by atoms with Crippen molar-refractivity contribution < 1.29 is 9.26 Å². The minimum atomic E-state index is 0.530. The lowest BCUT2D eigenvalue weighted by Crippen LogP contribution is -1.95. The largest absolute Gasteiger partial charge is 0.489 e. The molecule has 0 aliphatic carbocycles. The average Bonchev–Trinajstić information content (AvgIpc) is 2.93. The van der Waals surface area contributed by atoms with Gasteiger partial charge in [0.2, 0.25) is 0 Å². The molecule has 1 aromatic heterocycles. The lowest BCUT2D eigenvalue weighted by Gasteiger charge is -2.07. The van der Waals surface area contributed by atoms with E-state index in [1.165, 1.54) is 9.83 Å². The average molecular weight is 392 g/mol. The Morgan fingerprint density at radius 3 is 2.38 bits per heavy atom. The SMILES string of the molecule is Nc1conc1-c1ccc(OCc2ccc(I)cc2)cc1. The van der Waals surface area contributed by atoms with E-state index in [2.05, 4.69) is 52.0 Å². The van der Waals surface area contributed by atoms with Crippen LogP contribution in [-0.2, 0) is 6.61 Å². The van der Waals surface area contributed by atoms with Gasteiger partial charge in [0, 0.05) is 9.13 Å². The Morgan fingerprint density at radius 2 is 1.76 bits per heavy atom. The molecule has 5 heteroatoms. The lowest BCUT2D eigenvalue weighted by atomic mass is 10.1. The minimum absolute atomic E-state index is 0.530. The fourth-order valence-electron chi connectivity index (χ4n) is 1.92. The molecule has 0 radical (unpaired) electrons. The number of hydrogen-bond acceptors (Lipinski definition) is 4. The van der Waals surface area contributed by atoms with Crippen molar-refractivity contribution in [1.29, 1.82) is 0 Å². The Morgan fingerprint density at radius 1 is 1.05 bits per heavy atom. The van der Waals surface area contributed by atoms with Gasteiger partial charge in [-0.2, -0.15) is 0 Å². The molecule has 0 saturated heterocycles. The van der Waals surface area contributed by atoms with Gasteiger partial charge in [-0.25, -0.2) is 0 Å². The highest BCUT2D eigenvalue weighted by atomic mass is 127. The van der Waals surface area contributed by atoms with Crippen LogP contribution in [0.25, 0.3) is 11.3 Å². The van der Waals surface area contributed by atoms with Gasteiger partial charge in [0.15, 0.2) is 0 Å². The number of nitrogen functional groups attached to an aromatic ring is 1. The van der Waals surface area contributed by atoms with Gasteiger partial charge in [-0.1, -0.05) is 17.3 Å². The summed E-state index contributed by atoms with van der Waals surface area (Å²) in [6.07, 6.45) is 1.43. The van der Waals surface area contributed by atoms with Crippen molar-refractivity contribution >= 4 is 28.3 Å². The van der Waals surface area contributed by atoms with Crippen LogP contribution in [0.5, 0.6) is 5.75 Å². The zero-order valence-corrected chi connectivity index (χ0v) is 13.3. The highest BCUT2D eigenvalue weighted by Crippen LogP contribution is 2.26. The zero-order chi connectivity index (χ0) is 14.7. The predicted molar refractivity (Wildman–Crippen MR) is 89.8 cm³/mol. The summed E-state index contributed by atoms with van der Waals surface area (Å²) in [5.74, 6) is 0.805. The molecule has 3 rings (SSSR count). The molecule has 0 atom stereocenters. The molecule has 0 spiro atoms. The van der Waals surface area contributed by atoms with Crippen molar-refractivity contribution in [3.8, 4) is 17.0 Å². The number of ether oxygens (including phenoxy) is 1. The van der Waals surface area contributed by atoms with E-state index >= 15 is 0 Å². The zero-order valence-electron chi connectivity index (χ0n) is 11.1. The molecule has 3 aromatic rings. The first kappa shape index (κ1) is 13.9. The summed E-state index contributed by atoms with van der Waals surface area (Å²) in [6, 6.07) is 15.9. The first-order chi connectivity index (χ1) is 10.2. The second-order valence-corrected chi connectivity index (χ2v) is 5.80. The van der Waals surface area contributed by atoms with E-state index in [-0.39, 0.29) is 0 Å². The normalized spacial score (nSPS) is 10.5. The van der Waals surface area contributed by atoms with Crippen molar-refractivity contribution in [2.45, 2.75) is 6.61 Å². The van der Waals surface area contributed by atoms with Gasteiger partial charge in [0.25, 0.3) is 0 Å². The Balaban J connectivity index is 1.67. The number of nitrogens with zero attached hydrogens (tertiary/aromatic N) is 1. The van der Waals surface area contributed by atoms with Crippen LogP contribution in [0.2, 0.25) is 0 Å². The van der Waals surface area contributed by atoms with Gasteiger partial charge in [-0.15, -0.1) is 0 Å². The third-order valence-electron chi connectivity index (χ3n) is 3.04. The molecule has 0 saturated carbocycles. The Kier molecular flexibility index (Phi) is 4.10. The monoisotopic (exact) mass is 392 g/mol. The summed E-state index contributed by atoms with van der Waals surface area (Å²) in [4.78, 5) is 0. The topological polar surface area (TPSA) is 61.3 Å². The van der Waals surface area contributed by atoms with E-state index in [4.69, 9.17) is 15.0 Å². The van der Waals surface area contributed by atoms with E-state index < -0.39 is 0 Å². The molecule has 2 aromatic carbocycles. The van der Waals surface area contributed by atoms with Crippen LogP contribution in [0, 0.1) is 3.57 Å². The van der Waals surface area contributed by atoms with Gasteiger partial charge < -0.3 is 15.0 Å². The molecule has 21 heavy (non-hydrogen) atoms. The van der Waals surface area contributed by atoms with E-state index in [0.29, 0.717) is 18.0 Å². The first-order valence-electron chi connectivity index (χ1n) is 6.40. The van der Waals surface area contributed by atoms with Gasteiger partial charge >= 0.3 is 0 Å². The molecule has 0 fully saturated rings. The van der Waals surface area contributed by atoms with Gasteiger partial charge in [0.05, 0.1) is 0 Å². The molecule has 0 unspecified atom stereocenters. The number of rotatable bonds is 4. The van der Waals surface area contributed by atoms with Crippen LogP contribution in [0.1, 0.15) is 5.56 Å². The molecule has 2 N–H and O–H groups in total. The standard InChI is InChI=1S/C16H13IN2O2/c17-13-5-1-11(2-6-13)9-20-14-7-3-12(4-8-14)16-15(18)10-21-19-16/h1-8,10H,9,18H2. The summed E-state index contributed by atoms with van der Waals surface area (Å²) in [6.45, 7) is 0.544. The Bertz CT molecular complexity index is 721. The number of aromatic nitrogens is 1. The van der Waals surface area contributed by atoms with E-state index in [1.807, 2.05) is 24.3 Å². The van der Waals surface area contributed by atoms with Crippen LogP contribution in [0.3, 0.4) is 0 Å². The van der Waals surface area contributed by atoms with Crippen LogP contribution in [-0.4, -0.2) is 5.16 Å². The number of benzene rings is 2. The predicted octanol–water partition coefficient (Wildman–Crippen LogP) is 4.11. The minimum Gasteiger partial charge on any atom is -0.489 e. The molecule has 1 heterocycles. The van der Waals surface area contributed by atoms with Crippen LogP contribution >= 0.6 is 22.6 Å². The third kappa shape index (κ3) is 3.36.